The van der Waals surface area contributed by atoms with Crippen LogP contribution in [0.2, 0.25) is 0 Å². The highest BCUT2D eigenvalue weighted by Gasteiger charge is 2.20. The minimum atomic E-state index is -0.552. The van der Waals surface area contributed by atoms with Crippen LogP contribution in [0, 0.1) is 0 Å². The molecule has 0 amide bonds. The van der Waals surface area contributed by atoms with Crippen molar-refractivity contribution in [3.05, 3.63) is 206 Å². The topological polar surface area (TPSA) is 43.6 Å². The Hall–Kier alpha value is -7.43. The molecule has 0 N–H and O–H groups in total. The van der Waals surface area contributed by atoms with Crippen LogP contribution in [-0.4, -0.2) is 19.5 Å². The lowest BCUT2D eigenvalue weighted by Gasteiger charge is -2.14. The van der Waals surface area contributed by atoms with Crippen molar-refractivity contribution < 1.29 is 12.3 Å². The molecule has 55 heavy (non-hydrogen) atoms. The lowest BCUT2D eigenvalue weighted by atomic mass is 9.96. The molecule has 0 radical (unpaired) electrons. The van der Waals surface area contributed by atoms with Gasteiger partial charge in [-0.2, -0.15) is 9.97 Å². The molecule has 0 saturated carbocycles. The average Bonchev–Trinajstić information content (AvgIpc) is 3.71. The Morgan fingerprint density at radius 3 is 1.51 bits per heavy atom. The maximum absolute atomic E-state index is 9.35. The van der Waals surface area contributed by atoms with Gasteiger partial charge in [-0.05, 0) is 74.8 Å². The SMILES string of the molecule is [2H]c1c([2H])c([2H])c(-c2cccc3c2c2c([2H])c([2H])c([2H])c([2H])c2n3-c2nc(-c3ccc(-c4ccccc4)cc3)nc(-c3cc(-c4ccccc4)cc(-c4ccccc4)c3)n2)c([2H])c1[2H]. The summed E-state index contributed by atoms with van der Waals surface area (Å²) in [6, 6.07) is 44.6. The fraction of sp³-hybridized carbons (Fsp3) is 0. The van der Waals surface area contributed by atoms with Gasteiger partial charge in [-0.15, -0.1) is 0 Å². The first-order valence-corrected chi connectivity index (χ1v) is 17.8. The van der Waals surface area contributed by atoms with Gasteiger partial charge in [0.15, 0.2) is 11.6 Å². The van der Waals surface area contributed by atoms with Gasteiger partial charge in [0, 0.05) is 21.9 Å². The van der Waals surface area contributed by atoms with Crippen LogP contribution in [0.4, 0.5) is 0 Å². The maximum atomic E-state index is 9.35. The van der Waals surface area contributed by atoms with Gasteiger partial charge in [0.2, 0.25) is 5.95 Å². The summed E-state index contributed by atoms with van der Waals surface area (Å²) in [6.45, 7) is 0. The zero-order valence-corrected chi connectivity index (χ0v) is 29.2. The molecule has 0 aliphatic carbocycles. The van der Waals surface area contributed by atoms with Gasteiger partial charge in [-0.3, -0.25) is 4.57 Å². The molecule has 10 rings (SSSR count). The third-order valence-electron chi connectivity index (χ3n) is 9.67. The number of nitrogens with zero attached hydrogens (tertiary/aromatic N) is 4. The fourth-order valence-corrected chi connectivity index (χ4v) is 7.08. The van der Waals surface area contributed by atoms with Crippen molar-refractivity contribution in [2.75, 3.05) is 0 Å². The Labute approximate surface area is 332 Å². The van der Waals surface area contributed by atoms with E-state index in [1.54, 1.807) is 22.8 Å². The van der Waals surface area contributed by atoms with Crippen LogP contribution in [0.25, 0.3) is 95.0 Å². The summed E-state index contributed by atoms with van der Waals surface area (Å²) in [5.74, 6) is 0.630. The van der Waals surface area contributed by atoms with Crippen LogP contribution in [0.1, 0.15) is 12.3 Å². The molecule has 4 heteroatoms. The molecule has 0 bridgehead atoms. The summed E-state index contributed by atoms with van der Waals surface area (Å²) >= 11 is 0. The normalized spacial score (nSPS) is 13.6. The molecule has 0 unspecified atom stereocenters. The first-order valence-electron chi connectivity index (χ1n) is 22.3. The molecule has 0 fully saturated rings. The van der Waals surface area contributed by atoms with Crippen LogP contribution in [0.3, 0.4) is 0 Å². The Bertz CT molecular complexity index is 3380. The molecule has 8 aromatic carbocycles. The third kappa shape index (κ3) is 6.06. The molecular weight excluding hydrogens is 669 g/mol. The number of hydrogen-bond acceptors (Lipinski definition) is 3. The average molecular weight is 712 g/mol. The van der Waals surface area contributed by atoms with E-state index in [4.69, 9.17) is 24.5 Å². The van der Waals surface area contributed by atoms with Crippen LogP contribution >= 0.6 is 0 Å². The molecule has 4 nitrogen and oxygen atoms in total. The van der Waals surface area contributed by atoms with Crippen LogP contribution < -0.4 is 0 Å². The van der Waals surface area contributed by atoms with Crippen molar-refractivity contribution >= 4 is 21.8 Å². The monoisotopic (exact) mass is 711 g/mol. The van der Waals surface area contributed by atoms with Gasteiger partial charge in [-0.1, -0.05) is 176 Å². The third-order valence-corrected chi connectivity index (χ3v) is 9.67. The van der Waals surface area contributed by atoms with Crippen LogP contribution in [-0.2, 0) is 0 Å². The van der Waals surface area contributed by atoms with E-state index in [0.29, 0.717) is 28.3 Å². The zero-order valence-electron chi connectivity index (χ0n) is 38.2. The molecule has 258 valence electrons. The predicted octanol–water partition coefficient (Wildman–Crippen LogP) is 13.0. The van der Waals surface area contributed by atoms with Crippen LogP contribution in [0.15, 0.2) is 206 Å². The summed E-state index contributed by atoms with van der Waals surface area (Å²) < 4.78 is 80.8. The van der Waals surface area contributed by atoms with E-state index in [1.807, 2.05) is 127 Å². The Kier molecular flexibility index (Phi) is 6.04. The molecule has 2 heterocycles. The smallest absolute Gasteiger partial charge is 0.238 e. The predicted molar refractivity (Wildman–Crippen MR) is 227 cm³/mol. The van der Waals surface area contributed by atoms with Crippen LogP contribution in [0.5, 0.6) is 0 Å². The summed E-state index contributed by atoms with van der Waals surface area (Å²) in [6.07, 6.45) is 0. The Balaban J connectivity index is 1.30. The molecule has 10 aromatic rings. The standard InChI is InChI=1S/C51H34N4/c1-5-16-35(17-6-1)38-28-30-40(31-29-38)49-52-50(43-33-41(36-18-7-2-8-19-36)32-42(34-43)37-20-9-3-10-21-37)54-51(53-49)55-46-26-14-13-24-45(46)48-44(25-15-27-47(48)55)39-22-11-4-12-23-39/h1-34H/i4D,11D,12D,13D,14D,22D,23D,24D,26D. The van der Waals surface area contributed by atoms with E-state index in [0.717, 1.165) is 33.4 Å². The lowest BCUT2D eigenvalue weighted by molar-refractivity contribution is 0.953. The highest BCUT2D eigenvalue weighted by Crippen LogP contribution is 2.39. The van der Waals surface area contributed by atoms with E-state index in [9.17, 15) is 2.74 Å². The van der Waals surface area contributed by atoms with E-state index < -0.39 is 42.3 Å². The van der Waals surface area contributed by atoms with Crippen molar-refractivity contribution in [1.29, 1.82) is 0 Å². The lowest BCUT2D eigenvalue weighted by Crippen LogP contribution is -2.06. The molecule has 0 spiro atoms. The van der Waals surface area contributed by atoms with Crippen molar-refractivity contribution in [2.24, 2.45) is 0 Å². The minimum Gasteiger partial charge on any atom is -0.278 e. The second kappa shape index (κ2) is 13.8. The van der Waals surface area contributed by atoms with E-state index in [1.165, 1.54) is 0 Å². The van der Waals surface area contributed by atoms with Gasteiger partial charge in [0.25, 0.3) is 0 Å². The van der Waals surface area contributed by atoms with E-state index in [-0.39, 0.29) is 45.4 Å². The molecule has 0 atom stereocenters. The second-order valence-corrected chi connectivity index (χ2v) is 13.0. The number of benzene rings is 8. The summed E-state index contributed by atoms with van der Waals surface area (Å²) in [7, 11) is 0. The van der Waals surface area contributed by atoms with Gasteiger partial charge in [-0.25, -0.2) is 4.98 Å². The van der Waals surface area contributed by atoms with E-state index in [2.05, 4.69) is 6.07 Å². The summed E-state index contributed by atoms with van der Waals surface area (Å²) in [4.78, 5) is 15.3. The highest BCUT2D eigenvalue weighted by molar-refractivity contribution is 6.15. The number of para-hydroxylation sites is 1. The molecular formula is C51H34N4. The number of fused-ring (bicyclic) bond motifs is 3. The first-order chi connectivity index (χ1) is 31.0. The van der Waals surface area contributed by atoms with Crippen molar-refractivity contribution in [2.45, 2.75) is 0 Å². The number of hydrogen-bond donors (Lipinski definition) is 0. The summed E-state index contributed by atoms with van der Waals surface area (Å²) in [5.41, 5.74) is 7.60. The number of rotatable bonds is 7. The Morgan fingerprint density at radius 2 is 0.873 bits per heavy atom. The Morgan fingerprint density at radius 1 is 0.364 bits per heavy atom. The van der Waals surface area contributed by atoms with Crippen molar-refractivity contribution in [3.8, 4) is 73.2 Å². The van der Waals surface area contributed by atoms with Gasteiger partial charge in [0.05, 0.1) is 23.4 Å². The fourth-order valence-electron chi connectivity index (χ4n) is 7.08. The minimum absolute atomic E-state index is 0.0433. The first kappa shape index (κ1) is 24.0. The molecule has 0 saturated heterocycles. The summed E-state index contributed by atoms with van der Waals surface area (Å²) in [5, 5.41) is 0.327. The number of aromatic nitrogens is 4. The van der Waals surface area contributed by atoms with Gasteiger partial charge < -0.3 is 0 Å². The van der Waals surface area contributed by atoms with Gasteiger partial charge >= 0.3 is 0 Å². The highest BCUT2D eigenvalue weighted by atomic mass is 15.2. The molecule has 0 aliphatic heterocycles. The van der Waals surface area contributed by atoms with E-state index >= 15 is 0 Å². The largest absolute Gasteiger partial charge is 0.278 e. The quantitative estimate of drug-likeness (QED) is 0.165. The molecule has 0 aliphatic rings. The second-order valence-electron chi connectivity index (χ2n) is 13.0. The molecule has 2 aromatic heterocycles. The van der Waals surface area contributed by atoms with Crippen molar-refractivity contribution in [1.82, 2.24) is 19.5 Å². The van der Waals surface area contributed by atoms with Gasteiger partial charge in [0.1, 0.15) is 0 Å². The maximum Gasteiger partial charge on any atom is 0.238 e. The zero-order chi connectivity index (χ0) is 44.4. The van der Waals surface area contributed by atoms with Crippen molar-refractivity contribution in [3.63, 3.8) is 0 Å².